The molecule has 1 amide bonds. The highest BCUT2D eigenvalue weighted by Crippen LogP contribution is 2.31. The van der Waals surface area contributed by atoms with Crippen LogP contribution in [0.15, 0.2) is 108 Å². The highest BCUT2D eigenvalue weighted by Gasteiger charge is 2.18. The summed E-state index contributed by atoms with van der Waals surface area (Å²) in [7, 11) is 2.97. The Morgan fingerprint density at radius 3 is 2.29 bits per heavy atom. The van der Waals surface area contributed by atoms with Gasteiger partial charge in [0.25, 0.3) is 5.91 Å². The number of anilines is 1. The first-order valence-electron chi connectivity index (χ1n) is 11.6. The van der Waals surface area contributed by atoms with Crippen LogP contribution >= 0.6 is 0 Å². The summed E-state index contributed by atoms with van der Waals surface area (Å²) in [6.07, 6.45) is 2.83. The van der Waals surface area contributed by atoms with Crippen molar-refractivity contribution in [3.05, 3.63) is 126 Å². The molecule has 4 rings (SSSR count). The van der Waals surface area contributed by atoms with Gasteiger partial charge in [0.1, 0.15) is 17.2 Å². The lowest BCUT2D eigenvalue weighted by molar-refractivity contribution is -0.130. The fraction of sp³-hybridized carbons (Fsp3) is 0.0667. The largest absolute Gasteiger partial charge is 0.497 e. The number of carboxylic acids is 1. The van der Waals surface area contributed by atoms with Crippen molar-refractivity contribution in [2.45, 2.75) is 0 Å². The number of hydrogen-bond donors (Lipinski definition) is 2. The van der Waals surface area contributed by atoms with Gasteiger partial charge in [-0.25, -0.2) is 4.79 Å². The summed E-state index contributed by atoms with van der Waals surface area (Å²) in [5, 5.41) is 12.9. The molecule has 0 aliphatic carbocycles. The lowest BCUT2D eigenvalue weighted by atomic mass is 10.00. The number of carboxylic acid groups (broad SMARTS) is 1. The SMILES string of the molecule is COc1ccc(/C(=C/N=C(c2ccccc2)c2ccccc2NC(=O)c2ccccn2)C(=O)O)c(OC)c1. The van der Waals surface area contributed by atoms with Crippen LogP contribution in [-0.4, -0.2) is 41.9 Å². The third-order valence-corrected chi connectivity index (χ3v) is 5.63. The summed E-state index contributed by atoms with van der Waals surface area (Å²) < 4.78 is 10.6. The minimum atomic E-state index is -1.18. The van der Waals surface area contributed by atoms with Crippen LogP contribution in [0.25, 0.3) is 5.57 Å². The van der Waals surface area contributed by atoms with Crippen molar-refractivity contribution >= 4 is 28.8 Å². The Kier molecular flexibility index (Phi) is 8.25. The molecule has 0 saturated carbocycles. The van der Waals surface area contributed by atoms with Crippen LogP contribution in [0.5, 0.6) is 11.5 Å². The van der Waals surface area contributed by atoms with Gasteiger partial charge in [-0.05, 0) is 30.3 Å². The Labute approximate surface area is 219 Å². The van der Waals surface area contributed by atoms with E-state index in [4.69, 9.17) is 9.47 Å². The van der Waals surface area contributed by atoms with Gasteiger partial charge in [-0.15, -0.1) is 0 Å². The number of aliphatic carboxylic acids is 1. The summed E-state index contributed by atoms with van der Waals surface area (Å²) in [5.74, 6) is -0.699. The maximum atomic E-state index is 12.9. The molecular weight excluding hydrogens is 482 g/mol. The van der Waals surface area contributed by atoms with Crippen molar-refractivity contribution < 1.29 is 24.2 Å². The highest BCUT2D eigenvalue weighted by atomic mass is 16.5. The highest BCUT2D eigenvalue weighted by molar-refractivity contribution is 6.20. The first kappa shape index (κ1) is 25.8. The second-order valence-electron chi connectivity index (χ2n) is 7.97. The monoisotopic (exact) mass is 507 g/mol. The summed E-state index contributed by atoms with van der Waals surface area (Å²) in [6, 6.07) is 26.4. The van der Waals surface area contributed by atoms with Crippen LogP contribution in [-0.2, 0) is 4.79 Å². The van der Waals surface area contributed by atoms with Gasteiger partial charge in [-0.3, -0.25) is 14.8 Å². The Bertz CT molecular complexity index is 1500. The number of para-hydroxylation sites is 1. The number of carbonyl (C=O) groups is 2. The van der Waals surface area contributed by atoms with Crippen molar-refractivity contribution in [1.29, 1.82) is 0 Å². The van der Waals surface area contributed by atoms with Crippen molar-refractivity contribution in [3.8, 4) is 11.5 Å². The van der Waals surface area contributed by atoms with Gasteiger partial charge in [-0.2, -0.15) is 0 Å². The van der Waals surface area contributed by atoms with Crippen LogP contribution < -0.4 is 14.8 Å². The molecule has 38 heavy (non-hydrogen) atoms. The van der Waals surface area contributed by atoms with Gasteiger partial charge in [0.15, 0.2) is 0 Å². The Morgan fingerprint density at radius 1 is 0.868 bits per heavy atom. The second-order valence-corrected chi connectivity index (χ2v) is 7.97. The maximum Gasteiger partial charge on any atom is 0.338 e. The van der Waals surface area contributed by atoms with Crippen molar-refractivity contribution in [2.24, 2.45) is 4.99 Å². The van der Waals surface area contributed by atoms with E-state index in [2.05, 4.69) is 15.3 Å². The molecule has 1 heterocycles. The van der Waals surface area contributed by atoms with Gasteiger partial charge in [0.2, 0.25) is 0 Å². The fourth-order valence-electron chi connectivity index (χ4n) is 3.77. The number of aromatic nitrogens is 1. The molecule has 0 saturated heterocycles. The molecule has 0 aliphatic heterocycles. The molecule has 4 aromatic rings. The molecule has 0 bridgehead atoms. The van der Waals surface area contributed by atoms with Gasteiger partial charge >= 0.3 is 5.97 Å². The molecule has 190 valence electrons. The molecular formula is C30H25N3O5. The molecule has 0 spiro atoms. The van der Waals surface area contributed by atoms with E-state index >= 15 is 0 Å². The summed E-state index contributed by atoms with van der Waals surface area (Å²) in [6.45, 7) is 0. The predicted octanol–water partition coefficient (Wildman–Crippen LogP) is 5.31. The molecule has 0 atom stereocenters. The third kappa shape index (κ3) is 5.93. The zero-order chi connectivity index (χ0) is 26.9. The van der Waals surface area contributed by atoms with Crippen LogP contribution in [0.3, 0.4) is 0 Å². The average Bonchev–Trinajstić information content (AvgIpc) is 2.96. The maximum absolute atomic E-state index is 12.9. The quantitative estimate of drug-likeness (QED) is 0.235. The van der Waals surface area contributed by atoms with Crippen molar-refractivity contribution in [1.82, 2.24) is 4.98 Å². The predicted molar refractivity (Wildman–Crippen MR) is 146 cm³/mol. The number of pyridine rings is 1. The van der Waals surface area contributed by atoms with E-state index in [1.807, 2.05) is 42.5 Å². The first-order chi connectivity index (χ1) is 18.5. The minimum Gasteiger partial charge on any atom is -0.497 e. The second kappa shape index (κ2) is 12.1. The Morgan fingerprint density at radius 2 is 1.61 bits per heavy atom. The number of aliphatic imine (C=N–C) groups is 1. The molecule has 8 nitrogen and oxygen atoms in total. The van der Waals surface area contributed by atoms with Crippen molar-refractivity contribution in [3.63, 3.8) is 0 Å². The minimum absolute atomic E-state index is 0.0760. The topological polar surface area (TPSA) is 110 Å². The number of hydrogen-bond acceptors (Lipinski definition) is 6. The zero-order valence-corrected chi connectivity index (χ0v) is 20.8. The van der Waals surface area contributed by atoms with E-state index in [1.54, 1.807) is 54.7 Å². The lowest BCUT2D eigenvalue weighted by Crippen LogP contribution is -2.16. The molecule has 2 N–H and O–H groups in total. The van der Waals surface area contributed by atoms with Gasteiger partial charge in [0, 0.05) is 35.2 Å². The van der Waals surface area contributed by atoms with Crippen LogP contribution in [0.4, 0.5) is 5.69 Å². The molecule has 0 unspecified atom stereocenters. The van der Waals surface area contributed by atoms with E-state index in [0.29, 0.717) is 34.0 Å². The molecule has 0 fully saturated rings. The number of nitrogens with zero attached hydrogens (tertiary/aromatic N) is 2. The summed E-state index contributed by atoms with van der Waals surface area (Å²) in [4.78, 5) is 33.9. The van der Waals surface area contributed by atoms with Gasteiger partial charge < -0.3 is 19.9 Å². The standard InChI is InChI=1S/C30H25N3O5/c1-37-21-15-16-22(27(18-21)38-2)24(30(35)36)19-32-28(20-10-4-3-5-11-20)23-12-6-7-13-25(23)33-29(34)26-14-8-9-17-31-26/h3-19H,1-2H3,(H,33,34)(H,35,36)/b24-19-,32-28?. The first-order valence-corrected chi connectivity index (χ1v) is 11.6. The Hall–Kier alpha value is -5.24. The zero-order valence-electron chi connectivity index (χ0n) is 20.8. The fourth-order valence-corrected chi connectivity index (χ4v) is 3.77. The van der Waals surface area contributed by atoms with Gasteiger partial charge in [0.05, 0.1) is 31.2 Å². The van der Waals surface area contributed by atoms with E-state index in [9.17, 15) is 14.7 Å². The molecule has 1 aromatic heterocycles. The Balaban J connectivity index is 1.84. The molecule has 8 heteroatoms. The van der Waals surface area contributed by atoms with Gasteiger partial charge in [-0.1, -0.05) is 54.6 Å². The van der Waals surface area contributed by atoms with Crippen molar-refractivity contribution in [2.75, 3.05) is 19.5 Å². The molecule has 0 aliphatic rings. The van der Waals surface area contributed by atoms with Crippen LogP contribution in [0, 0.1) is 0 Å². The summed E-state index contributed by atoms with van der Waals surface area (Å²) >= 11 is 0. The number of carbonyl (C=O) groups excluding carboxylic acids is 1. The number of rotatable bonds is 9. The van der Waals surface area contributed by atoms with E-state index < -0.39 is 5.97 Å². The number of methoxy groups -OCH3 is 2. The average molecular weight is 508 g/mol. The van der Waals surface area contributed by atoms with E-state index in [-0.39, 0.29) is 17.2 Å². The van der Waals surface area contributed by atoms with Crippen LogP contribution in [0.2, 0.25) is 0 Å². The number of ether oxygens (including phenoxy) is 2. The molecule has 0 radical (unpaired) electrons. The summed E-state index contributed by atoms with van der Waals surface area (Å²) in [5.41, 5.74) is 2.83. The lowest BCUT2D eigenvalue weighted by Gasteiger charge is -2.14. The smallest absolute Gasteiger partial charge is 0.338 e. The third-order valence-electron chi connectivity index (χ3n) is 5.63. The number of nitrogens with one attached hydrogen (secondary N) is 1. The number of benzene rings is 3. The van der Waals surface area contributed by atoms with Crippen LogP contribution in [0.1, 0.15) is 27.2 Å². The number of amides is 1. The van der Waals surface area contributed by atoms with E-state index in [1.165, 1.54) is 20.4 Å². The van der Waals surface area contributed by atoms with E-state index in [0.717, 1.165) is 5.56 Å². The molecule has 3 aromatic carbocycles. The normalized spacial score (nSPS) is 11.5.